The molecule has 7 heteroatoms. The number of methoxy groups -OCH3 is 2. The highest BCUT2D eigenvalue weighted by Gasteiger charge is 2.36. The highest BCUT2D eigenvalue weighted by Crippen LogP contribution is 2.32. The summed E-state index contributed by atoms with van der Waals surface area (Å²) in [5.41, 5.74) is -1.96. The third-order valence-corrected chi connectivity index (χ3v) is 1.76. The van der Waals surface area contributed by atoms with Crippen LogP contribution >= 0.6 is 0 Å². The number of hydrogen-bond acceptors (Lipinski definition) is 4. The van der Waals surface area contributed by atoms with Gasteiger partial charge in [-0.15, -0.1) is 0 Å². The van der Waals surface area contributed by atoms with Crippen LogP contribution in [0.2, 0.25) is 0 Å². The number of nitrogens with zero attached hydrogens (tertiary/aromatic N) is 1. The van der Waals surface area contributed by atoms with E-state index in [0.717, 1.165) is 19.2 Å². The lowest BCUT2D eigenvalue weighted by Crippen LogP contribution is -2.16. The average molecular weight is 235 g/mol. The van der Waals surface area contributed by atoms with Crippen molar-refractivity contribution < 1.29 is 27.4 Å². The Hall–Kier alpha value is -1.79. The maximum absolute atomic E-state index is 12.5. The van der Waals surface area contributed by atoms with Crippen molar-refractivity contribution in [2.24, 2.45) is 0 Å². The fraction of sp³-hybridized carbons (Fsp3) is 0.333. The third kappa shape index (κ3) is 2.41. The Morgan fingerprint density at radius 2 is 1.94 bits per heavy atom. The van der Waals surface area contributed by atoms with Crippen molar-refractivity contribution in [2.75, 3.05) is 14.2 Å². The molecule has 0 aromatic carbocycles. The van der Waals surface area contributed by atoms with Crippen molar-refractivity contribution in [1.82, 2.24) is 4.98 Å². The summed E-state index contributed by atoms with van der Waals surface area (Å²) in [6.45, 7) is 0. The summed E-state index contributed by atoms with van der Waals surface area (Å²) in [6.07, 6.45) is -4.66. The second-order valence-corrected chi connectivity index (χ2v) is 2.74. The van der Waals surface area contributed by atoms with Gasteiger partial charge in [0.1, 0.15) is 0 Å². The molecule has 4 nitrogen and oxygen atoms in total. The van der Waals surface area contributed by atoms with E-state index in [1.807, 2.05) is 0 Å². The molecule has 0 fully saturated rings. The van der Waals surface area contributed by atoms with Gasteiger partial charge in [0.25, 0.3) is 0 Å². The van der Waals surface area contributed by atoms with Crippen LogP contribution in [0, 0.1) is 0 Å². The zero-order valence-corrected chi connectivity index (χ0v) is 8.46. The van der Waals surface area contributed by atoms with E-state index in [2.05, 4.69) is 14.5 Å². The number of alkyl halides is 3. The molecule has 1 aromatic heterocycles. The first-order chi connectivity index (χ1) is 7.40. The second kappa shape index (κ2) is 4.38. The first-order valence-corrected chi connectivity index (χ1v) is 4.10. The van der Waals surface area contributed by atoms with E-state index in [0.29, 0.717) is 0 Å². The largest absolute Gasteiger partial charge is 0.481 e. The minimum absolute atomic E-state index is 0.0894. The Kier molecular flexibility index (Phi) is 3.36. The fourth-order valence-electron chi connectivity index (χ4n) is 1.04. The molecule has 88 valence electrons. The van der Waals surface area contributed by atoms with Crippen molar-refractivity contribution in [1.29, 1.82) is 0 Å². The monoisotopic (exact) mass is 235 g/mol. The molecule has 0 radical (unpaired) electrons. The first-order valence-electron chi connectivity index (χ1n) is 4.10. The van der Waals surface area contributed by atoms with Gasteiger partial charge < -0.3 is 9.47 Å². The number of pyridine rings is 1. The van der Waals surface area contributed by atoms with Gasteiger partial charge in [0, 0.05) is 6.07 Å². The summed E-state index contributed by atoms with van der Waals surface area (Å²) >= 11 is 0. The van der Waals surface area contributed by atoms with Crippen molar-refractivity contribution >= 4 is 5.97 Å². The van der Waals surface area contributed by atoms with Gasteiger partial charge in [-0.3, -0.25) is 0 Å². The molecule has 1 aromatic rings. The summed E-state index contributed by atoms with van der Waals surface area (Å²) in [5.74, 6) is -1.25. The highest BCUT2D eigenvalue weighted by atomic mass is 19.4. The number of esters is 1. The Morgan fingerprint density at radius 3 is 2.38 bits per heavy atom. The van der Waals surface area contributed by atoms with Crippen LogP contribution in [-0.4, -0.2) is 25.2 Å². The van der Waals surface area contributed by atoms with Gasteiger partial charge in [-0.1, -0.05) is 0 Å². The fourth-order valence-corrected chi connectivity index (χ4v) is 1.04. The molecule has 0 aliphatic rings. The molecular formula is C9H8F3NO3. The van der Waals surface area contributed by atoms with E-state index in [1.165, 1.54) is 7.11 Å². The minimum atomic E-state index is -4.66. The Balaban J connectivity index is 3.33. The predicted octanol–water partition coefficient (Wildman–Crippen LogP) is 1.90. The highest BCUT2D eigenvalue weighted by molar-refractivity contribution is 5.89. The Bertz CT molecular complexity index is 403. The quantitative estimate of drug-likeness (QED) is 0.734. The molecule has 0 amide bonds. The van der Waals surface area contributed by atoms with Crippen molar-refractivity contribution in [3.8, 4) is 5.88 Å². The molecular weight excluding hydrogens is 227 g/mol. The van der Waals surface area contributed by atoms with Gasteiger partial charge in [-0.05, 0) is 6.07 Å². The lowest BCUT2D eigenvalue weighted by Gasteiger charge is -2.11. The van der Waals surface area contributed by atoms with Crippen LogP contribution < -0.4 is 4.74 Å². The van der Waals surface area contributed by atoms with Gasteiger partial charge in [0.2, 0.25) is 5.88 Å². The standard InChI is InChI=1S/C9H8F3NO3/c1-15-6-4-3-5(9(10,11)12)7(13-6)8(14)16-2/h3-4H,1-2H3. The Labute approximate surface area is 89.0 Å². The number of carbonyl (C=O) groups is 1. The molecule has 16 heavy (non-hydrogen) atoms. The molecule has 0 saturated carbocycles. The van der Waals surface area contributed by atoms with Crippen LogP contribution in [0.15, 0.2) is 12.1 Å². The summed E-state index contributed by atoms with van der Waals surface area (Å²) in [6, 6.07) is 1.74. The van der Waals surface area contributed by atoms with Crippen molar-refractivity contribution in [3.05, 3.63) is 23.4 Å². The summed E-state index contributed by atoms with van der Waals surface area (Å²) in [5, 5.41) is 0. The number of aromatic nitrogens is 1. The molecule has 0 N–H and O–H groups in total. The Morgan fingerprint density at radius 1 is 1.31 bits per heavy atom. The van der Waals surface area contributed by atoms with Crippen LogP contribution in [0.3, 0.4) is 0 Å². The zero-order valence-electron chi connectivity index (χ0n) is 8.46. The van der Waals surface area contributed by atoms with Crippen LogP contribution in [0.4, 0.5) is 13.2 Å². The maximum atomic E-state index is 12.5. The number of rotatable bonds is 2. The lowest BCUT2D eigenvalue weighted by molar-refractivity contribution is -0.138. The summed E-state index contributed by atoms with van der Waals surface area (Å²) in [7, 11) is 2.21. The van der Waals surface area contributed by atoms with Gasteiger partial charge in [-0.2, -0.15) is 13.2 Å². The number of hydrogen-bond donors (Lipinski definition) is 0. The van der Waals surface area contributed by atoms with Crippen LogP contribution in [0.25, 0.3) is 0 Å². The number of ether oxygens (including phenoxy) is 2. The normalized spacial score (nSPS) is 11.1. The lowest BCUT2D eigenvalue weighted by atomic mass is 10.2. The van der Waals surface area contributed by atoms with Gasteiger partial charge in [0.15, 0.2) is 5.69 Å². The van der Waals surface area contributed by atoms with E-state index in [1.54, 1.807) is 0 Å². The molecule has 0 unspecified atom stereocenters. The van der Waals surface area contributed by atoms with Gasteiger partial charge in [-0.25, -0.2) is 9.78 Å². The molecule has 1 heterocycles. The second-order valence-electron chi connectivity index (χ2n) is 2.74. The number of halogens is 3. The predicted molar refractivity (Wildman–Crippen MR) is 47.1 cm³/mol. The van der Waals surface area contributed by atoms with E-state index in [9.17, 15) is 18.0 Å². The molecule has 0 saturated heterocycles. The van der Waals surface area contributed by atoms with E-state index >= 15 is 0 Å². The first kappa shape index (κ1) is 12.3. The van der Waals surface area contributed by atoms with E-state index in [-0.39, 0.29) is 5.88 Å². The topological polar surface area (TPSA) is 48.4 Å². The summed E-state index contributed by atoms with van der Waals surface area (Å²) in [4.78, 5) is 14.5. The van der Waals surface area contributed by atoms with Crippen LogP contribution in [0.5, 0.6) is 5.88 Å². The SMILES string of the molecule is COC(=O)c1nc(OC)ccc1C(F)(F)F. The maximum Gasteiger partial charge on any atom is 0.418 e. The van der Waals surface area contributed by atoms with Gasteiger partial charge >= 0.3 is 12.1 Å². The molecule has 0 aliphatic heterocycles. The molecule has 0 spiro atoms. The molecule has 0 aliphatic carbocycles. The van der Waals surface area contributed by atoms with E-state index < -0.39 is 23.4 Å². The zero-order chi connectivity index (χ0) is 12.3. The van der Waals surface area contributed by atoms with Crippen LogP contribution in [0.1, 0.15) is 16.1 Å². The van der Waals surface area contributed by atoms with Gasteiger partial charge in [0.05, 0.1) is 19.8 Å². The molecule has 0 bridgehead atoms. The van der Waals surface area contributed by atoms with Crippen molar-refractivity contribution in [2.45, 2.75) is 6.18 Å². The number of carbonyl (C=O) groups excluding carboxylic acids is 1. The minimum Gasteiger partial charge on any atom is -0.481 e. The molecule has 1 rings (SSSR count). The summed E-state index contributed by atoms with van der Waals surface area (Å²) < 4.78 is 46.3. The van der Waals surface area contributed by atoms with Crippen LogP contribution in [-0.2, 0) is 10.9 Å². The average Bonchev–Trinajstić information content (AvgIpc) is 2.25. The van der Waals surface area contributed by atoms with E-state index in [4.69, 9.17) is 0 Å². The molecule has 0 atom stereocenters. The third-order valence-electron chi connectivity index (χ3n) is 1.76. The smallest absolute Gasteiger partial charge is 0.418 e. The van der Waals surface area contributed by atoms with Crippen molar-refractivity contribution in [3.63, 3.8) is 0 Å².